The zero-order valence-corrected chi connectivity index (χ0v) is 10.9. The molecule has 1 amide bonds. The molecule has 2 saturated heterocycles. The zero-order chi connectivity index (χ0) is 12.7. The number of likely N-dealkylation sites (tertiary alicyclic amines) is 1. The van der Waals surface area contributed by atoms with Gasteiger partial charge in [-0.25, -0.2) is 4.79 Å². The molecule has 5 nitrogen and oxygen atoms in total. The molecule has 2 atom stereocenters. The molecular weight excluding hydrogens is 220 g/mol. The predicted octanol–water partition coefficient (Wildman–Crippen LogP) is 1.11. The smallest absolute Gasteiger partial charge is 0.410 e. The molecule has 0 aromatic heterocycles. The molecule has 2 rings (SSSR count). The summed E-state index contributed by atoms with van der Waals surface area (Å²) in [4.78, 5) is 13.6. The second-order valence-electron chi connectivity index (χ2n) is 6.11. The summed E-state index contributed by atoms with van der Waals surface area (Å²) in [7, 11) is 0. The van der Waals surface area contributed by atoms with E-state index in [2.05, 4.69) is 0 Å². The van der Waals surface area contributed by atoms with E-state index in [1.54, 1.807) is 4.90 Å². The van der Waals surface area contributed by atoms with Gasteiger partial charge in [0.1, 0.15) is 5.60 Å². The first-order valence-electron chi connectivity index (χ1n) is 6.17. The van der Waals surface area contributed by atoms with Gasteiger partial charge in [0.05, 0.1) is 18.8 Å². The third kappa shape index (κ3) is 2.90. The summed E-state index contributed by atoms with van der Waals surface area (Å²) in [5.74, 6) is 0. The van der Waals surface area contributed by atoms with E-state index in [9.17, 15) is 4.79 Å². The second-order valence-corrected chi connectivity index (χ2v) is 6.11. The van der Waals surface area contributed by atoms with E-state index in [0.717, 1.165) is 12.8 Å². The highest BCUT2D eigenvalue weighted by molar-refractivity contribution is 5.68. The summed E-state index contributed by atoms with van der Waals surface area (Å²) in [5, 5.41) is 0. The van der Waals surface area contributed by atoms with Gasteiger partial charge in [0.15, 0.2) is 0 Å². The van der Waals surface area contributed by atoms with Gasteiger partial charge >= 0.3 is 6.09 Å². The lowest BCUT2D eigenvalue weighted by Gasteiger charge is -2.26. The Bertz CT molecular complexity index is 313. The van der Waals surface area contributed by atoms with Crippen molar-refractivity contribution in [1.29, 1.82) is 0 Å². The van der Waals surface area contributed by atoms with Crippen molar-refractivity contribution >= 4 is 6.09 Å². The minimum Gasteiger partial charge on any atom is -0.444 e. The Morgan fingerprint density at radius 1 is 1.53 bits per heavy atom. The number of rotatable bonds is 0. The maximum Gasteiger partial charge on any atom is 0.410 e. The van der Waals surface area contributed by atoms with Gasteiger partial charge in [-0.2, -0.15) is 0 Å². The number of ether oxygens (including phenoxy) is 2. The number of amides is 1. The van der Waals surface area contributed by atoms with Crippen LogP contribution in [0.3, 0.4) is 0 Å². The van der Waals surface area contributed by atoms with Crippen molar-refractivity contribution in [3.63, 3.8) is 0 Å². The molecular formula is C12H22N2O3. The van der Waals surface area contributed by atoms with Crippen molar-refractivity contribution in [2.24, 2.45) is 5.73 Å². The molecule has 1 spiro atoms. The Morgan fingerprint density at radius 2 is 2.24 bits per heavy atom. The molecule has 0 bridgehead atoms. The average molecular weight is 242 g/mol. The number of carbonyl (C=O) groups excluding carboxylic acids is 1. The fourth-order valence-corrected chi connectivity index (χ4v) is 2.49. The number of nitrogens with two attached hydrogens (primary N) is 1. The van der Waals surface area contributed by atoms with Crippen molar-refractivity contribution in [3.05, 3.63) is 0 Å². The Morgan fingerprint density at radius 3 is 2.76 bits per heavy atom. The van der Waals surface area contributed by atoms with Crippen LogP contribution in [0.1, 0.15) is 33.6 Å². The lowest BCUT2D eigenvalue weighted by molar-refractivity contribution is 0.000507. The average Bonchev–Trinajstić information content (AvgIpc) is 2.72. The van der Waals surface area contributed by atoms with Gasteiger partial charge in [-0.1, -0.05) is 0 Å². The van der Waals surface area contributed by atoms with Gasteiger partial charge in [0.25, 0.3) is 0 Å². The Labute approximate surface area is 102 Å². The molecule has 98 valence electrons. The Balaban J connectivity index is 1.92. The fraction of sp³-hybridized carbons (Fsp3) is 0.917. The third-order valence-corrected chi connectivity index (χ3v) is 3.21. The van der Waals surface area contributed by atoms with Gasteiger partial charge in [-0.15, -0.1) is 0 Å². The third-order valence-electron chi connectivity index (χ3n) is 3.21. The topological polar surface area (TPSA) is 64.8 Å². The Kier molecular flexibility index (Phi) is 3.08. The van der Waals surface area contributed by atoms with Gasteiger partial charge < -0.3 is 20.1 Å². The summed E-state index contributed by atoms with van der Waals surface area (Å²) in [5.41, 5.74) is 5.20. The molecule has 0 aromatic rings. The highest BCUT2D eigenvalue weighted by Gasteiger charge is 2.46. The molecule has 2 N–H and O–H groups in total. The summed E-state index contributed by atoms with van der Waals surface area (Å²) in [6.45, 7) is 7.52. The lowest BCUT2D eigenvalue weighted by Crippen LogP contribution is -2.39. The highest BCUT2D eigenvalue weighted by atomic mass is 16.6. The van der Waals surface area contributed by atoms with Crippen LogP contribution >= 0.6 is 0 Å². The molecule has 0 aromatic carbocycles. The predicted molar refractivity (Wildman–Crippen MR) is 63.7 cm³/mol. The minimum atomic E-state index is -0.445. The van der Waals surface area contributed by atoms with E-state index in [1.165, 1.54) is 0 Å². The standard InChI is InChI=1S/C12H22N2O3/c1-11(2,3)17-10(15)14-5-4-12(8-14)6-9(13)7-16-12/h9H,4-8,13H2,1-3H3. The number of hydrogen-bond acceptors (Lipinski definition) is 4. The number of hydrogen-bond donors (Lipinski definition) is 1. The normalized spacial score (nSPS) is 33.4. The van der Waals surface area contributed by atoms with Crippen LogP contribution in [-0.4, -0.2) is 47.9 Å². The van der Waals surface area contributed by atoms with Crippen LogP contribution in [0.5, 0.6) is 0 Å². The summed E-state index contributed by atoms with van der Waals surface area (Å²) < 4.78 is 11.1. The molecule has 17 heavy (non-hydrogen) atoms. The molecule has 2 heterocycles. The van der Waals surface area contributed by atoms with Crippen LogP contribution in [-0.2, 0) is 9.47 Å². The van der Waals surface area contributed by atoms with E-state index in [-0.39, 0.29) is 17.7 Å². The summed E-state index contributed by atoms with van der Waals surface area (Å²) in [6, 6.07) is 0.105. The monoisotopic (exact) mass is 242 g/mol. The first-order valence-corrected chi connectivity index (χ1v) is 6.17. The van der Waals surface area contributed by atoms with Crippen molar-refractivity contribution in [2.45, 2.75) is 50.9 Å². The van der Waals surface area contributed by atoms with E-state index in [0.29, 0.717) is 19.7 Å². The van der Waals surface area contributed by atoms with Gasteiger partial charge in [0, 0.05) is 12.6 Å². The number of carbonyl (C=O) groups is 1. The maximum absolute atomic E-state index is 11.9. The van der Waals surface area contributed by atoms with Crippen molar-refractivity contribution in [1.82, 2.24) is 4.90 Å². The molecule has 0 saturated carbocycles. The van der Waals surface area contributed by atoms with Gasteiger partial charge in [-0.05, 0) is 33.6 Å². The summed E-state index contributed by atoms with van der Waals surface area (Å²) >= 11 is 0. The van der Waals surface area contributed by atoms with E-state index in [4.69, 9.17) is 15.2 Å². The first kappa shape index (κ1) is 12.6. The van der Waals surface area contributed by atoms with Crippen molar-refractivity contribution in [3.8, 4) is 0 Å². The van der Waals surface area contributed by atoms with Crippen LogP contribution in [0, 0.1) is 0 Å². The van der Waals surface area contributed by atoms with Crippen LogP contribution in [0.25, 0.3) is 0 Å². The highest BCUT2D eigenvalue weighted by Crippen LogP contribution is 2.34. The molecule has 0 radical (unpaired) electrons. The first-order chi connectivity index (χ1) is 7.80. The molecule has 2 aliphatic rings. The molecule has 2 aliphatic heterocycles. The quantitative estimate of drug-likeness (QED) is 0.691. The van der Waals surface area contributed by atoms with Crippen LogP contribution in [0.15, 0.2) is 0 Å². The maximum atomic E-state index is 11.9. The molecule has 2 fully saturated rings. The van der Waals surface area contributed by atoms with E-state index >= 15 is 0 Å². The Hall–Kier alpha value is -0.810. The fourth-order valence-electron chi connectivity index (χ4n) is 2.49. The zero-order valence-electron chi connectivity index (χ0n) is 10.9. The SMILES string of the molecule is CC(C)(C)OC(=O)N1CCC2(CC(N)CO2)C1. The van der Waals surface area contributed by atoms with E-state index < -0.39 is 5.60 Å². The van der Waals surface area contributed by atoms with E-state index in [1.807, 2.05) is 20.8 Å². The molecule has 0 aliphatic carbocycles. The largest absolute Gasteiger partial charge is 0.444 e. The van der Waals surface area contributed by atoms with Crippen molar-refractivity contribution < 1.29 is 14.3 Å². The molecule has 2 unspecified atom stereocenters. The van der Waals surface area contributed by atoms with Crippen LogP contribution in [0.2, 0.25) is 0 Å². The minimum absolute atomic E-state index is 0.105. The van der Waals surface area contributed by atoms with Gasteiger partial charge in [0.2, 0.25) is 0 Å². The lowest BCUT2D eigenvalue weighted by atomic mass is 9.98. The summed E-state index contributed by atoms with van der Waals surface area (Å²) in [6.07, 6.45) is 1.45. The van der Waals surface area contributed by atoms with Gasteiger partial charge in [-0.3, -0.25) is 0 Å². The van der Waals surface area contributed by atoms with Crippen LogP contribution < -0.4 is 5.73 Å². The number of nitrogens with zero attached hydrogens (tertiary/aromatic N) is 1. The molecule has 5 heteroatoms. The second kappa shape index (κ2) is 4.14. The van der Waals surface area contributed by atoms with Crippen LogP contribution in [0.4, 0.5) is 4.79 Å². The van der Waals surface area contributed by atoms with Crippen molar-refractivity contribution in [2.75, 3.05) is 19.7 Å².